The second-order valence-electron chi connectivity index (χ2n) is 8.36. The zero-order chi connectivity index (χ0) is 23.2. The maximum Gasteiger partial charge on any atom is 0.324 e. The molecule has 10 nitrogen and oxygen atoms in total. The van der Waals surface area contributed by atoms with Crippen LogP contribution < -0.4 is 10.2 Å². The second-order valence-corrected chi connectivity index (χ2v) is 8.36. The van der Waals surface area contributed by atoms with Crippen LogP contribution in [0.25, 0.3) is 11.4 Å². The zero-order valence-electron chi connectivity index (χ0n) is 18.4. The van der Waals surface area contributed by atoms with Gasteiger partial charge in [-0.25, -0.2) is 0 Å². The molecule has 0 bridgehead atoms. The zero-order valence-corrected chi connectivity index (χ0v) is 18.4. The van der Waals surface area contributed by atoms with E-state index in [2.05, 4.69) is 20.4 Å². The van der Waals surface area contributed by atoms with Crippen LogP contribution in [0.2, 0.25) is 0 Å². The number of piperidine rings is 1. The number of ether oxygens (including phenoxy) is 1. The van der Waals surface area contributed by atoms with E-state index in [0.29, 0.717) is 44.4 Å². The predicted octanol–water partition coefficient (Wildman–Crippen LogP) is 1.84. The number of hydrogen-bond donors (Lipinski definition) is 3. The van der Waals surface area contributed by atoms with E-state index in [0.717, 1.165) is 18.4 Å². The number of benzene rings is 1. The van der Waals surface area contributed by atoms with Crippen molar-refractivity contribution in [3.8, 4) is 11.4 Å². The number of carbonyl (C=O) groups is 2. The topological polar surface area (TPSA) is 138 Å². The van der Waals surface area contributed by atoms with Gasteiger partial charge in [-0.3, -0.25) is 9.59 Å². The van der Waals surface area contributed by atoms with E-state index in [1.54, 1.807) is 13.8 Å². The van der Waals surface area contributed by atoms with Crippen LogP contribution in [0, 0.1) is 0 Å². The number of nitrogens with zero attached hydrogens (tertiary/aromatic N) is 3. The maximum atomic E-state index is 11.7. The number of rotatable bonds is 4. The van der Waals surface area contributed by atoms with Crippen molar-refractivity contribution in [2.45, 2.75) is 56.8 Å². The van der Waals surface area contributed by atoms with E-state index in [9.17, 15) is 9.90 Å². The highest BCUT2D eigenvalue weighted by Crippen LogP contribution is 2.40. The quantitative estimate of drug-likeness (QED) is 0.601. The van der Waals surface area contributed by atoms with E-state index in [1.807, 2.05) is 30.3 Å². The average molecular weight is 447 g/mol. The normalized spacial score (nSPS) is 24.3. The molecule has 1 aromatic carbocycles. The molecule has 2 aliphatic heterocycles. The molecule has 1 aromatic heterocycles. The molecule has 2 aliphatic rings. The van der Waals surface area contributed by atoms with Gasteiger partial charge in [-0.05, 0) is 19.8 Å². The maximum absolute atomic E-state index is 11.7. The third-order valence-corrected chi connectivity index (χ3v) is 6.04. The summed E-state index contributed by atoms with van der Waals surface area (Å²) >= 11 is 0. The molecule has 174 valence electrons. The van der Waals surface area contributed by atoms with Gasteiger partial charge < -0.3 is 29.7 Å². The number of hydrogen-bond acceptors (Lipinski definition) is 8. The Morgan fingerprint density at radius 2 is 1.97 bits per heavy atom. The van der Waals surface area contributed by atoms with E-state index >= 15 is 0 Å². The van der Waals surface area contributed by atoms with Gasteiger partial charge in [-0.2, -0.15) is 4.98 Å². The summed E-state index contributed by atoms with van der Waals surface area (Å²) in [5.74, 6) is 0.502. The van der Waals surface area contributed by atoms with E-state index in [1.165, 1.54) is 0 Å². The van der Waals surface area contributed by atoms with Gasteiger partial charge in [0.15, 0.2) is 0 Å². The average Bonchev–Trinajstić information content (AvgIpc) is 3.27. The van der Waals surface area contributed by atoms with Crippen molar-refractivity contribution < 1.29 is 29.1 Å². The predicted molar refractivity (Wildman–Crippen MR) is 116 cm³/mol. The molecule has 32 heavy (non-hydrogen) atoms. The fourth-order valence-corrected chi connectivity index (χ4v) is 4.23. The van der Waals surface area contributed by atoms with Crippen LogP contribution in [-0.2, 0) is 14.3 Å². The molecule has 10 heteroatoms. The van der Waals surface area contributed by atoms with E-state index in [4.69, 9.17) is 19.2 Å². The van der Waals surface area contributed by atoms with Gasteiger partial charge in [-0.1, -0.05) is 42.4 Å². The molecule has 0 radical (unpaired) electrons. The summed E-state index contributed by atoms with van der Waals surface area (Å²) in [5, 5.41) is 24.8. The minimum absolute atomic E-state index is 0.0738. The molecule has 0 unspecified atom stereocenters. The van der Waals surface area contributed by atoms with Crippen LogP contribution in [-0.4, -0.2) is 69.7 Å². The van der Waals surface area contributed by atoms with Gasteiger partial charge in [0.25, 0.3) is 6.47 Å². The fraction of sp³-hybridized carbons (Fsp3) is 0.545. The molecule has 2 atom stereocenters. The third-order valence-electron chi connectivity index (χ3n) is 6.04. The standard InChI is InChI=1S/C21H28N4O4.CH2O2/c1-3-17(26)22-16-13-28-21(14-20(16,2)27)9-11-25(12-10-21)19-23-18(24-29-19)15-7-5-4-6-8-15;2-1-3/h4-8,16,27H,3,9-14H2,1-2H3,(H,22,26);1H,(H,2,3)/t16-,20-;/m0./s1. The summed E-state index contributed by atoms with van der Waals surface area (Å²) in [6, 6.07) is 9.86. The summed E-state index contributed by atoms with van der Waals surface area (Å²) in [6.07, 6.45) is 2.38. The lowest BCUT2D eigenvalue weighted by molar-refractivity contribution is -0.181. The molecule has 4 rings (SSSR count). The monoisotopic (exact) mass is 446 g/mol. The number of carboxylic acid groups (broad SMARTS) is 1. The highest BCUT2D eigenvalue weighted by molar-refractivity contribution is 5.76. The minimum Gasteiger partial charge on any atom is -0.483 e. The molecule has 3 heterocycles. The molecule has 0 aliphatic carbocycles. The first-order valence-electron chi connectivity index (χ1n) is 10.7. The van der Waals surface area contributed by atoms with Crippen molar-refractivity contribution in [2.24, 2.45) is 0 Å². The van der Waals surface area contributed by atoms with Gasteiger partial charge in [0.1, 0.15) is 0 Å². The van der Waals surface area contributed by atoms with Gasteiger partial charge in [-0.15, -0.1) is 0 Å². The lowest BCUT2D eigenvalue weighted by atomic mass is 9.76. The van der Waals surface area contributed by atoms with Crippen molar-refractivity contribution in [3.05, 3.63) is 30.3 Å². The molecule has 3 N–H and O–H groups in total. The molecule has 1 amide bonds. The molecule has 2 saturated heterocycles. The number of nitrogens with one attached hydrogen (secondary N) is 1. The van der Waals surface area contributed by atoms with Crippen LogP contribution in [0.15, 0.2) is 34.9 Å². The Labute approximate surface area is 186 Å². The largest absolute Gasteiger partial charge is 0.483 e. The lowest BCUT2D eigenvalue weighted by Gasteiger charge is -2.51. The Balaban J connectivity index is 0.000000913. The van der Waals surface area contributed by atoms with Crippen molar-refractivity contribution >= 4 is 18.4 Å². The van der Waals surface area contributed by atoms with Crippen molar-refractivity contribution in [1.82, 2.24) is 15.5 Å². The second kappa shape index (κ2) is 10.1. The number of anilines is 1. The Bertz CT molecular complexity index is 893. The number of amides is 1. The summed E-state index contributed by atoms with van der Waals surface area (Å²) in [5.41, 5.74) is -0.478. The van der Waals surface area contributed by atoms with Gasteiger partial charge in [0, 0.05) is 31.5 Å². The molecule has 2 aromatic rings. The highest BCUT2D eigenvalue weighted by atomic mass is 16.5. The SMILES string of the molecule is CCC(=O)N[C@H]1COC2(CCN(c3nc(-c4ccccc4)no3)CC2)C[C@]1(C)O.O=CO. The summed E-state index contributed by atoms with van der Waals surface area (Å²) in [6.45, 7) is 5.06. The Kier molecular flexibility index (Phi) is 7.47. The van der Waals surface area contributed by atoms with Crippen LogP contribution in [0.3, 0.4) is 0 Å². The fourth-order valence-electron chi connectivity index (χ4n) is 4.23. The molecule has 2 fully saturated rings. The third kappa shape index (κ3) is 5.43. The van der Waals surface area contributed by atoms with Crippen molar-refractivity contribution in [1.29, 1.82) is 0 Å². The summed E-state index contributed by atoms with van der Waals surface area (Å²) in [7, 11) is 0. The van der Waals surface area contributed by atoms with Gasteiger partial charge >= 0.3 is 6.01 Å². The minimum atomic E-state index is -1.00. The first kappa shape index (κ1) is 23.7. The Hall–Kier alpha value is -2.98. The van der Waals surface area contributed by atoms with Crippen molar-refractivity contribution in [2.75, 3.05) is 24.6 Å². The van der Waals surface area contributed by atoms with E-state index < -0.39 is 11.2 Å². The lowest BCUT2D eigenvalue weighted by Crippen LogP contribution is -2.64. The smallest absolute Gasteiger partial charge is 0.324 e. The molecular weight excluding hydrogens is 416 g/mol. The summed E-state index contributed by atoms with van der Waals surface area (Å²) < 4.78 is 11.7. The highest BCUT2D eigenvalue weighted by Gasteiger charge is 2.49. The number of aliphatic hydroxyl groups is 1. The summed E-state index contributed by atoms with van der Waals surface area (Å²) in [4.78, 5) is 26.7. The Morgan fingerprint density at radius 1 is 1.31 bits per heavy atom. The number of carbonyl (C=O) groups excluding carboxylic acids is 1. The van der Waals surface area contributed by atoms with Gasteiger partial charge in [0.05, 0.1) is 23.9 Å². The number of aromatic nitrogens is 2. The van der Waals surface area contributed by atoms with Crippen molar-refractivity contribution in [3.63, 3.8) is 0 Å². The van der Waals surface area contributed by atoms with Crippen LogP contribution >= 0.6 is 0 Å². The van der Waals surface area contributed by atoms with E-state index in [-0.39, 0.29) is 18.4 Å². The first-order chi connectivity index (χ1) is 15.3. The first-order valence-corrected chi connectivity index (χ1v) is 10.7. The molecule has 0 saturated carbocycles. The van der Waals surface area contributed by atoms with Crippen LogP contribution in [0.1, 0.15) is 39.5 Å². The Morgan fingerprint density at radius 3 is 2.56 bits per heavy atom. The van der Waals surface area contributed by atoms with Crippen LogP contribution in [0.4, 0.5) is 6.01 Å². The van der Waals surface area contributed by atoms with Gasteiger partial charge in [0.2, 0.25) is 11.7 Å². The van der Waals surface area contributed by atoms with Crippen LogP contribution in [0.5, 0.6) is 0 Å². The molecular formula is C22H30N4O6. The molecule has 1 spiro atoms.